The average Bonchev–Trinajstić information content (AvgIpc) is 3.32. The molecule has 1 atom stereocenters. The molecule has 14 heteroatoms. The second kappa shape index (κ2) is 11.8. The fourth-order valence-electron chi connectivity index (χ4n) is 2.96. The van der Waals surface area contributed by atoms with Crippen LogP contribution in [0.3, 0.4) is 0 Å². The normalized spacial score (nSPS) is 14.7. The molecule has 14 nitrogen and oxygen atoms in total. The van der Waals surface area contributed by atoms with Gasteiger partial charge in [-0.05, 0) is 41.5 Å². The van der Waals surface area contributed by atoms with Crippen LogP contribution in [0.4, 0.5) is 9.59 Å². The first kappa shape index (κ1) is 29.3. The van der Waals surface area contributed by atoms with E-state index >= 15 is 0 Å². The van der Waals surface area contributed by atoms with E-state index in [2.05, 4.69) is 15.6 Å². The van der Waals surface area contributed by atoms with Crippen LogP contribution in [0.15, 0.2) is 12.5 Å². The van der Waals surface area contributed by atoms with Crippen molar-refractivity contribution in [1.29, 1.82) is 0 Å². The number of rotatable bonds is 8. The lowest BCUT2D eigenvalue weighted by atomic mass is 10.1. The van der Waals surface area contributed by atoms with E-state index in [0.29, 0.717) is 5.06 Å². The highest BCUT2D eigenvalue weighted by Crippen LogP contribution is 2.14. The second-order valence-corrected chi connectivity index (χ2v) is 10.2. The topological polar surface area (TPSA) is 175 Å². The zero-order valence-corrected chi connectivity index (χ0v) is 21.8. The molecule has 0 bridgehead atoms. The summed E-state index contributed by atoms with van der Waals surface area (Å²) in [4.78, 5) is 82.0. The molecule has 4 amide bonds. The van der Waals surface area contributed by atoms with Crippen LogP contribution in [0.25, 0.3) is 0 Å². The highest BCUT2D eigenvalue weighted by atomic mass is 16.7. The molecular weight excluding hydrogens is 490 g/mol. The molecule has 204 valence electrons. The van der Waals surface area contributed by atoms with Gasteiger partial charge in [-0.3, -0.25) is 14.4 Å². The van der Waals surface area contributed by atoms with E-state index < -0.39 is 53.1 Å². The maximum absolute atomic E-state index is 12.8. The zero-order valence-electron chi connectivity index (χ0n) is 21.8. The van der Waals surface area contributed by atoms with E-state index in [0.717, 1.165) is 4.57 Å². The summed E-state index contributed by atoms with van der Waals surface area (Å²) < 4.78 is 11.4. The smallest absolute Gasteiger partial charge is 0.419 e. The molecule has 0 saturated carbocycles. The lowest BCUT2D eigenvalue weighted by Crippen LogP contribution is -2.47. The number of imidazole rings is 1. The standard InChI is InChI=1S/C23H33N5O9/c1-22(2,3)35-20(33)24-10-9-16(29)26-15(19(32)37-28-17(30)7-8-18(28)31)11-14-12-27(13-25-14)21(34)36-23(4,5)6/h12-13,15H,7-11H2,1-6H3,(H,24,33)(H,26,29)/t15-/m0/s1. The average molecular weight is 524 g/mol. The summed E-state index contributed by atoms with van der Waals surface area (Å²) in [5, 5.41) is 5.24. The third kappa shape index (κ3) is 9.89. The third-order valence-electron chi connectivity index (χ3n) is 4.48. The number of nitrogens with one attached hydrogen (secondary N) is 2. The van der Waals surface area contributed by atoms with Gasteiger partial charge in [0.05, 0.1) is 5.69 Å². The maximum atomic E-state index is 12.8. The molecule has 2 N–H and O–H groups in total. The zero-order chi connectivity index (χ0) is 28.0. The molecule has 2 heterocycles. The van der Waals surface area contributed by atoms with E-state index in [1.165, 1.54) is 12.5 Å². The van der Waals surface area contributed by atoms with E-state index in [1.807, 2.05) is 0 Å². The van der Waals surface area contributed by atoms with Crippen molar-refractivity contribution in [3.05, 3.63) is 18.2 Å². The van der Waals surface area contributed by atoms with Crippen LogP contribution in [0.5, 0.6) is 0 Å². The summed E-state index contributed by atoms with van der Waals surface area (Å²) in [6.45, 7) is 10.1. The van der Waals surface area contributed by atoms with Crippen LogP contribution < -0.4 is 10.6 Å². The van der Waals surface area contributed by atoms with Crippen molar-refractivity contribution < 1.29 is 43.1 Å². The SMILES string of the molecule is CC(C)(C)OC(=O)NCCC(=O)N[C@@H](Cc1cn(C(=O)OC(C)(C)C)cn1)C(=O)ON1C(=O)CCC1=O. The van der Waals surface area contributed by atoms with Crippen LogP contribution in [0.2, 0.25) is 0 Å². The predicted molar refractivity (Wildman–Crippen MR) is 126 cm³/mol. The van der Waals surface area contributed by atoms with E-state index in [9.17, 15) is 28.8 Å². The molecule has 0 aromatic carbocycles. The molecule has 2 rings (SSSR count). The summed E-state index contributed by atoms with van der Waals surface area (Å²) >= 11 is 0. The van der Waals surface area contributed by atoms with Gasteiger partial charge < -0.3 is 24.9 Å². The van der Waals surface area contributed by atoms with Gasteiger partial charge in [0.2, 0.25) is 5.91 Å². The highest BCUT2D eigenvalue weighted by molar-refractivity contribution is 6.02. The Morgan fingerprint density at radius 1 is 1.00 bits per heavy atom. The van der Waals surface area contributed by atoms with E-state index in [1.54, 1.807) is 41.5 Å². The van der Waals surface area contributed by atoms with Gasteiger partial charge >= 0.3 is 18.2 Å². The summed E-state index contributed by atoms with van der Waals surface area (Å²) in [5.74, 6) is -3.08. The molecule has 1 aliphatic heterocycles. The van der Waals surface area contributed by atoms with Crippen LogP contribution in [0.1, 0.15) is 66.5 Å². The number of hydrogen-bond acceptors (Lipinski definition) is 10. The Kier molecular flexibility index (Phi) is 9.37. The van der Waals surface area contributed by atoms with Crippen molar-refractivity contribution in [1.82, 2.24) is 25.2 Å². The van der Waals surface area contributed by atoms with Gasteiger partial charge in [-0.1, -0.05) is 0 Å². The Bertz CT molecular complexity index is 1040. The second-order valence-electron chi connectivity index (χ2n) is 10.2. The van der Waals surface area contributed by atoms with Crippen molar-refractivity contribution in [2.45, 2.75) is 84.5 Å². The minimum Gasteiger partial charge on any atom is -0.444 e. The summed E-state index contributed by atoms with van der Waals surface area (Å²) in [5.41, 5.74) is -1.24. The van der Waals surface area contributed by atoms with Crippen LogP contribution in [-0.4, -0.2) is 74.3 Å². The predicted octanol–water partition coefficient (Wildman–Crippen LogP) is 1.22. The highest BCUT2D eigenvalue weighted by Gasteiger charge is 2.35. The number of amides is 4. The van der Waals surface area contributed by atoms with Crippen molar-refractivity contribution in [2.24, 2.45) is 0 Å². The number of imide groups is 1. The Hall–Kier alpha value is -3.97. The lowest BCUT2D eigenvalue weighted by Gasteiger charge is -2.21. The number of alkyl carbamates (subject to hydrolysis) is 1. The minimum absolute atomic E-state index is 0.0844. The number of ether oxygens (including phenoxy) is 2. The van der Waals surface area contributed by atoms with E-state index in [-0.39, 0.29) is 37.9 Å². The summed E-state index contributed by atoms with van der Waals surface area (Å²) in [7, 11) is 0. The Balaban J connectivity index is 2.07. The molecule has 0 aliphatic carbocycles. The van der Waals surface area contributed by atoms with Crippen LogP contribution >= 0.6 is 0 Å². The molecule has 1 fully saturated rings. The Morgan fingerprint density at radius 3 is 2.16 bits per heavy atom. The van der Waals surface area contributed by atoms with Gasteiger partial charge in [0.25, 0.3) is 11.8 Å². The van der Waals surface area contributed by atoms with Crippen LogP contribution in [0, 0.1) is 0 Å². The molecular formula is C23H33N5O9. The largest absolute Gasteiger partial charge is 0.444 e. The molecule has 0 spiro atoms. The number of carbonyl (C=O) groups is 6. The van der Waals surface area contributed by atoms with Crippen molar-refractivity contribution >= 4 is 35.9 Å². The summed E-state index contributed by atoms with van der Waals surface area (Å²) in [6, 6.07) is -1.36. The lowest BCUT2D eigenvalue weighted by molar-refractivity contribution is -0.199. The molecule has 37 heavy (non-hydrogen) atoms. The van der Waals surface area contributed by atoms with Crippen molar-refractivity contribution in [2.75, 3.05) is 6.54 Å². The van der Waals surface area contributed by atoms with Gasteiger partial charge in [-0.2, -0.15) is 0 Å². The third-order valence-corrected chi connectivity index (χ3v) is 4.48. The number of hydrogen-bond donors (Lipinski definition) is 2. The number of hydroxylamine groups is 2. The minimum atomic E-state index is -1.36. The Labute approximate surface area is 213 Å². The fraction of sp³-hybridized carbons (Fsp3) is 0.609. The Morgan fingerprint density at radius 2 is 1.59 bits per heavy atom. The van der Waals surface area contributed by atoms with Gasteiger partial charge in [0.1, 0.15) is 23.6 Å². The monoisotopic (exact) mass is 523 g/mol. The van der Waals surface area contributed by atoms with Crippen molar-refractivity contribution in [3.63, 3.8) is 0 Å². The molecule has 0 unspecified atom stereocenters. The van der Waals surface area contributed by atoms with Crippen molar-refractivity contribution in [3.8, 4) is 0 Å². The summed E-state index contributed by atoms with van der Waals surface area (Å²) in [6.07, 6.45) is 0.459. The number of aromatic nitrogens is 2. The maximum Gasteiger partial charge on any atom is 0.419 e. The first-order valence-corrected chi connectivity index (χ1v) is 11.6. The molecule has 1 aromatic heterocycles. The van der Waals surface area contributed by atoms with Gasteiger partial charge in [0.15, 0.2) is 0 Å². The number of carbonyl (C=O) groups excluding carboxylic acids is 6. The van der Waals surface area contributed by atoms with Crippen LogP contribution in [-0.2, 0) is 39.9 Å². The molecule has 1 saturated heterocycles. The molecule has 1 aromatic rings. The molecule has 1 aliphatic rings. The van der Waals surface area contributed by atoms with Gasteiger partial charge in [0, 0.05) is 38.4 Å². The first-order valence-electron chi connectivity index (χ1n) is 11.6. The number of nitrogens with zero attached hydrogens (tertiary/aromatic N) is 3. The molecule has 0 radical (unpaired) electrons. The quantitative estimate of drug-likeness (QED) is 0.471. The first-order chi connectivity index (χ1) is 17.0. The fourth-order valence-corrected chi connectivity index (χ4v) is 2.96. The van der Waals surface area contributed by atoms with Gasteiger partial charge in [-0.15, -0.1) is 5.06 Å². The van der Waals surface area contributed by atoms with E-state index in [4.69, 9.17) is 14.3 Å². The van der Waals surface area contributed by atoms with Gasteiger partial charge in [-0.25, -0.2) is 23.9 Å².